The van der Waals surface area contributed by atoms with Gasteiger partial charge in [0.25, 0.3) is 5.91 Å². The summed E-state index contributed by atoms with van der Waals surface area (Å²) in [5, 5.41) is 10.7. The predicted molar refractivity (Wildman–Crippen MR) is 69.3 cm³/mol. The Morgan fingerprint density at radius 2 is 2.21 bits per heavy atom. The van der Waals surface area contributed by atoms with Crippen molar-refractivity contribution in [2.45, 2.75) is 6.61 Å². The fourth-order valence-electron chi connectivity index (χ4n) is 1.32. The molecule has 6 nitrogen and oxygen atoms in total. The standard InChI is InChI=1S/C12H10N4O2S/c13-5-8-1-3-10(4-2-8)18-6-9-7-19-12(15-9)11(17)16-14/h1-4,7H,6,14H2,(H,16,17). The number of hydrogen-bond acceptors (Lipinski definition) is 6. The molecule has 0 saturated carbocycles. The number of nitriles is 1. The average molecular weight is 274 g/mol. The molecule has 3 N–H and O–H groups in total. The van der Waals surface area contributed by atoms with Crippen molar-refractivity contribution >= 4 is 17.2 Å². The molecule has 1 heterocycles. The molecular formula is C12H10N4O2S. The number of nitrogens with zero attached hydrogens (tertiary/aromatic N) is 2. The number of thiazole rings is 1. The van der Waals surface area contributed by atoms with Crippen molar-refractivity contribution in [3.63, 3.8) is 0 Å². The van der Waals surface area contributed by atoms with Gasteiger partial charge in [0.1, 0.15) is 12.4 Å². The third-order valence-corrected chi connectivity index (χ3v) is 3.14. The van der Waals surface area contributed by atoms with Gasteiger partial charge in [-0.1, -0.05) is 0 Å². The van der Waals surface area contributed by atoms with E-state index in [1.807, 2.05) is 11.5 Å². The Hall–Kier alpha value is -2.43. The first kappa shape index (κ1) is 13.0. The summed E-state index contributed by atoms with van der Waals surface area (Å²) in [6.07, 6.45) is 0. The van der Waals surface area contributed by atoms with Crippen molar-refractivity contribution < 1.29 is 9.53 Å². The molecule has 0 spiro atoms. The topological polar surface area (TPSA) is 101 Å². The lowest BCUT2D eigenvalue weighted by Gasteiger charge is -2.03. The number of rotatable bonds is 4. The van der Waals surface area contributed by atoms with E-state index in [1.165, 1.54) is 11.3 Å². The molecule has 0 saturated heterocycles. The molecule has 0 bridgehead atoms. The summed E-state index contributed by atoms with van der Waals surface area (Å²) in [5.41, 5.74) is 3.24. The largest absolute Gasteiger partial charge is 0.487 e. The van der Waals surface area contributed by atoms with Gasteiger partial charge in [-0.2, -0.15) is 5.26 Å². The highest BCUT2D eigenvalue weighted by molar-refractivity contribution is 7.11. The van der Waals surface area contributed by atoms with Crippen LogP contribution in [-0.2, 0) is 6.61 Å². The second-order valence-corrected chi connectivity index (χ2v) is 4.40. The quantitative estimate of drug-likeness (QED) is 0.495. The van der Waals surface area contributed by atoms with Crippen LogP contribution >= 0.6 is 11.3 Å². The van der Waals surface area contributed by atoms with Crippen LogP contribution in [-0.4, -0.2) is 10.9 Å². The Morgan fingerprint density at radius 1 is 1.47 bits per heavy atom. The summed E-state index contributed by atoms with van der Waals surface area (Å²) in [4.78, 5) is 15.3. The summed E-state index contributed by atoms with van der Waals surface area (Å²) in [7, 11) is 0. The van der Waals surface area contributed by atoms with Gasteiger partial charge in [-0.15, -0.1) is 11.3 Å². The molecule has 0 radical (unpaired) electrons. The van der Waals surface area contributed by atoms with E-state index in [1.54, 1.807) is 29.6 Å². The normalized spacial score (nSPS) is 9.68. The molecule has 1 aromatic heterocycles. The Morgan fingerprint density at radius 3 is 2.84 bits per heavy atom. The summed E-state index contributed by atoms with van der Waals surface area (Å²) < 4.78 is 5.49. The second-order valence-electron chi connectivity index (χ2n) is 3.54. The number of benzene rings is 1. The monoisotopic (exact) mass is 274 g/mol. The molecular weight excluding hydrogens is 264 g/mol. The lowest BCUT2D eigenvalue weighted by atomic mass is 10.2. The maximum absolute atomic E-state index is 11.2. The zero-order chi connectivity index (χ0) is 13.7. The van der Waals surface area contributed by atoms with Crippen molar-refractivity contribution in [2.75, 3.05) is 0 Å². The number of carbonyl (C=O) groups is 1. The molecule has 19 heavy (non-hydrogen) atoms. The smallest absolute Gasteiger partial charge is 0.294 e. The number of nitrogens with two attached hydrogens (primary N) is 1. The molecule has 0 atom stereocenters. The third-order valence-electron chi connectivity index (χ3n) is 2.25. The van der Waals surface area contributed by atoms with E-state index < -0.39 is 5.91 Å². The lowest BCUT2D eigenvalue weighted by Crippen LogP contribution is -2.29. The van der Waals surface area contributed by atoms with E-state index in [4.69, 9.17) is 15.8 Å². The number of amides is 1. The minimum absolute atomic E-state index is 0.250. The third kappa shape index (κ3) is 3.28. The molecule has 0 fully saturated rings. The number of hydrazine groups is 1. The van der Waals surface area contributed by atoms with Gasteiger partial charge in [0, 0.05) is 5.38 Å². The van der Waals surface area contributed by atoms with Gasteiger partial charge in [0.15, 0.2) is 5.01 Å². The number of ether oxygens (including phenoxy) is 1. The van der Waals surface area contributed by atoms with E-state index in [0.717, 1.165) is 0 Å². The number of aromatic nitrogens is 1. The van der Waals surface area contributed by atoms with Crippen molar-refractivity contribution in [1.29, 1.82) is 5.26 Å². The van der Waals surface area contributed by atoms with Crippen LogP contribution in [0, 0.1) is 11.3 Å². The highest BCUT2D eigenvalue weighted by atomic mass is 32.1. The first-order valence-electron chi connectivity index (χ1n) is 5.31. The number of nitrogens with one attached hydrogen (secondary N) is 1. The van der Waals surface area contributed by atoms with Crippen LogP contribution in [0.4, 0.5) is 0 Å². The van der Waals surface area contributed by atoms with Crippen LogP contribution in [0.15, 0.2) is 29.6 Å². The molecule has 1 aromatic carbocycles. The van der Waals surface area contributed by atoms with Gasteiger partial charge >= 0.3 is 0 Å². The van der Waals surface area contributed by atoms with Crippen molar-refractivity contribution in [1.82, 2.24) is 10.4 Å². The van der Waals surface area contributed by atoms with E-state index in [2.05, 4.69) is 4.98 Å². The van der Waals surface area contributed by atoms with Crippen LogP contribution in [0.25, 0.3) is 0 Å². The molecule has 0 aliphatic rings. The minimum Gasteiger partial charge on any atom is -0.487 e. The summed E-state index contributed by atoms with van der Waals surface area (Å²) in [5.74, 6) is 5.23. The van der Waals surface area contributed by atoms with Gasteiger partial charge in [0.05, 0.1) is 17.3 Å². The Balaban J connectivity index is 1.96. The van der Waals surface area contributed by atoms with Crippen LogP contribution < -0.4 is 16.0 Å². The fraction of sp³-hybridized carbons (Fsp3) is 0.0833. The molecule has 1 amide bonds. The molecule has 0 aliphatic carbocycles. The summed E-state index contributed by atoms with van der Waals surface area (Å²) in [6, 6.07) is 8.78. The Bertz CT molecular complexity index is 615. The predicted octanol–water partition coefficient (Wildman–Crippen LogP) is 1.20. The highest BCUT2D eigenvalue weighted by Crippen LogP contribution is 2.15. The van der Waals surface area contributed by atoms with Crippen molar-refractivity contribution in [2.24, 2.45) is 5.84 Å². The molecule has 0 unspecified atom stereocenters. The Labute approximate surface area is 113 Å². The average Bonchev–Trinajstić information content (AvgIpc) is 2.93. The molecule has 96 valence electrons. The molecule has 7 heteroatoms. The van der Waals surface area contributed by atoms with Crippen LogP contribution in [0.1, 0.15) is 21.1 Å². The van der Waals surface area contributed by atoms with Gasteiger partial charge < -0.3 is 4.74 Å². The van der Waals surface area contributed by atoms with Crippen molar-refractivity contribution in [3.8, 4) is 11.8 Å². The number of carbonyl (C=O) groups excluding carboxylic acids is 1. The van der Waals surface area contributed by atoms with E-state index >= 15 is 0 Å². The summed E-state index contributed by atoms with van der Waals surface area (Å²) in [6.45, 7) is 0.250. The summed E-state index contributed by atoms with van der Waals surface area (Å²) >= 11 is 1.20. The van der Waals surface area contributed by atoms with E-state index in [0.29, 0.717) is 22.0 Å². The van der Waals surface area contributed by atoms with E-state index in [9.17, 15) is 4.79 Å². The lowest BCUT2D eigenvalue weighted by molar-refractivity contribution is 0.0953. The first-order valence-corrected chi connectivity index (χ1v) is 6.19. The van der Waals surface area contributed by atoms with Gasteiger partial charge in [-0.05, 0) is 24.3 Å². The minimum atomic E-state index is -0.422. The van der Waals surface area contributed by atoms with Gasteiger partial charge in [0.2, 0.25) is 0 Å². The second kappa shape index (κ2) is 5.95. The Kier molecular flexibility index (Phi) is 4.07. The SMILES string of the molecule is N#Cc1ccc(OCc2csc(C(=O)NN)n2)cc1. The van der Waals surface area contributed by atoms with Gasteiger partial charge in [-0.25, -0.2) is 10.8 Å². The fourth-order valence-corrected chi connectivity index (χ4v) is 2.03. The molecule has 0 aliphatic heterocycles. The van der Waals surface area contributed by atoms with Crippen molar-refractivity contribution in [3.05, 3.63) is 45.9 Å². The first-order chi connectivity index (χ1) is 9.22. The molecule has 2 aromatic rings. The van der Waals surface area contributed by atoms with Gasteiger partial charge in [-0.3, -0.25) is 10.2 Å². The number of nitrogen functional groups attached to an aromatic ring is 1. The zero-order valence-electron chi connectivity index (χ0n) is 9.79. The van der Waals surface area contributed by atoms with E-state index in [-0.39, 0.29) is 6.61 Å². The van der Waals surface area contributed by atoms with Crippen LogP contribution in [0.3, 0.4) is 0 Å². The maximum atomic E-state index is 11.2. The molecule has 2 rings (SSSR count). The zero-order valence-corrected chi connectivity index (χ0v) is 10.6. The number of hydrogen-bond donors (Lipinski definition) is 2. The highest BCUT2D eigenvalue weighted by Gasteiger charge is 2.09. The van der Waals surface area contributed by atoms with Crippen LogP contribution in [0.5, 0.6) is 5.75 Å². The van der Waals surface area contributed by atoms with Crippen LogP contribution in [0.2, 0.25) is 0 Å². The maximum Gasteiger partial charge on any atom is 0.294 e.